The topological polar surface area (TPSA) is 74.3 Å². The van der Waals surface area contributed by atoms with Crippen molar-refractivity contribution < 1.29 is 13.9 Å². The summed E-state index contributed by atoms with van der Waals surface area (Å²) in [6, 6.07) is 7.13. The van der Waals surface area contributed by atoms with Gasteiger partial charge in [0, 0.05) is 17.8 Å². The minimum Gasteiger partial charge on any atom is -0.465 e. The Labute approximate surface area is 136 Å². The van der Waals surface area contributed by atoms with Gasteiger partial charge in [-0.25, -0.2) is 9.78 Å². The van der Waals surface area contributed by atoms with Gasteiger partial charge < -0.3 is 9.15 Å². The zero-order valence-electron chi connectivity index (χ0n) is 12.7. The largest absolute Gasteiger partial charge is 0.465 e. The Balaban J connectivity index is 1.53. The van der Waals surface area contributed by atoms with Crippen molar-refractivity contribution in [2.75, 3.05) is 6.61 Å². The second-order valence-corrected chi connectivity index (χ2v) is 6.01. The number of rotatable bonds is 6. The minimum atomic E-state index is -0.459. The molecule has 0 spiro atoms. The van der Waals surface area contributed by atoms with Gasteiger partial charge in [0.15, 0.2) is 5.58 Å². The number of fused-ring (bicyclic) bond motifs is 1. The fraction of sp³-hybridized carbons (Fsp3) is 0.312. The van der Waals surface area contributed by atoms with Crippen molar-refractivity contribution in [2.45, 2.75) is 26.3 Å². The number of esters is 1. The number of benzene rings is 1. The molecule has 3 aromatic rings. The summed E-state index contributed by atoms with van der Waals surface area (Å²) >= 11 is 1.56. The Kier molecular flexibility index (Phi) is 4.57. The van der Waals surface area contributed by atoms with Crippen LogP contribution in [0.25, 0.3) is 11.1 Å². The quantitative estimate of drug-likeness (QED) is 0.649. The number of para-hydroxylation sites is 2. The van der Waals surface area contributed by atoms with Crippen LogP contribution in [0.4, 0.5) is 0 Å². The summed E-state index contributed by atoms with van der Waals surface area (Å²) in [4.78, 5) is 28.9. The fourth-order valence-corrected chi connectivity index (χ4v) is 3.09. The van der Waals surface area contributed by atoms with Gasteiger partial charge in [0.1, 0.15) is 0 Å². The van der Waals surface area contributed by atoms with Gasteiger partial charge >= 0.3 is 11.7 Å². The second kappa shape index (κ2) is 6.78. The Morgan fingerprint density at radius 1 is 1.39 bits per heavy atom. The molecule has 2 heterocycles. The van der Waals surface area contributed by atoms with Gasteiger partial charge in [0.05, 0.1) is 29.7 Å². The van der Waals surface area contributed by atoms with E-state index in [1.165, 1.54) is 4.57 Å². The van der Waals surface area contributed by atoms with E-state index in [0.717, 1.165) is 10.6 Å². The molecule has 0 saturated carbocycles. The molecule has 0 saturated heterocycles. The minimum absolute atomic E-state index is 0.130. The summed E-state index contributed by atoms with van der Waals surface area (Å²) in [5.74, 6) is -0.788. The van der Waals surface area contributed by atoms with Crippen molar-refractivity contribution in [3.8, 4) is 0 Å². The highest BCUT2D eigenvalue weighted by Crippen LogP contribution is 2.13. The molecule has 0 aliphatic heterocycles. The van der Waals surface area contributed by atoms with E-state index in [9.17, 15) is 9.59 Å². The van der Waals surface area contributed by atoms with Crippen molar-refractivity contribution in [3.63, 3.8) is 0 Å². The first-order chi connectivity index (χ1) is 11.1. The second-order valence-electron chi connectivity index (χ2n) is 5.07. The van der Waals surface area contributed by atoms with E-state index in [2.05, 4.69) is 4.98 Å². The van der Waals surface area contributed by atoms with Gasteiger partial charge in [-0.05, 0) is 19.1 Å². The smallest absolute Gasteiger partial charge is 0.419 e. The molecule has 0 aliphatic carbocycles. The Bertz CT molecular complexity index is 877. The number of nitrogens with zero attached hydrogens (tertiary/aromatic N) is 2. The number of hydrogen-bond donors (Lipinski definition) is 0. The maximum atomic E-state index is 11.8. The summed E-state index contributed by atoms with van der Waals surface area (Å²) < 4.78 is 11.8. The first kappa shape index (κ1) is 15.5. The van der Waals surface area contributed by atoms with Crippen molar-refractivity contribution >= 4 is 28.4 Å². The predicted octanol–water partition coefficient (Wildman–Crippen LogP) is 2.54. The van der Waals surface area contributed by atoms with Crippen LogP contribution in [0.15, 0.2) is 39.0 Å². The lowest BCUT2D eigenvalue weighted by molar-refractivity contribution is -0.143. The predicted molar refractivity (Wildman–Crippen MR) is 86.6 cm³/mol. The Morgan fingerprint density at radius 3 is 3.00 bits per heavy atom. The summed E-state index contributed by atoms with van der Waals surface area (Å²) in [6.45, 7) is 2.50. The number of aromatic nitrogens is 2. The molecule has 7 heteroatoms. The number of carbonyl (C=O) groups is 1. The third kappa shape index (κ3) is 3.50. The van der Waals surface area contributed by atoms with Crippen molar-refractivity contribution in [2.24, 2.45) is 0 Å². The van der Waals surface area contributed by atoms with E-state index in [-0.39, 0.29) is 18.9 Å². The van der Waals surface area contributed by atoms with Gasteiger partial charge in [-0.2, -0.15) is 0 Å². The number of carbonyl (C=O) groups excluding carboxylic acids is 1. The van der Waals surface area contributed by atoms with E-state index >= 15 is 0 Å². The molecule has 0 radical (unpaired) electrons. The summed E-state index contributed by atoms with van der Waals surface area (Å²) in [5, 5.41) is 0. The summed E-state index contributed by atoms with van der Waals surface area (Å²) in [7, 11) is 0. The van der Waals surface area contributed by atoms with Gasteiger partial charge in [-0.15, -0.1) is 11.3 Å². The molecule has 3 rings (SSSR count). The first-order valence-electron chi connectivity index (χ1n) is 7.28. The SMILES string of the molecule is Cc1ncsc1CCOC(=O)CCn1c(=O)oc2ccccc21. The highest BCUT2D eigenvalue weighted by atomic mass is 32.1. The maximum absolute atomic E-state index is 11.8. The fourth-order valence-electron chi connectivity index (χ4n) is 2.32. The van der Waals surface area contributed by atoms with Crippen LogP contribution in [0, 0.1) is 6.92 Å². The standard InChI is InChI=1S/C16H16N2O4S/c1-11-14(23-10-17-11)7-9-21-15(19)6-8-18-12-4-2-3-5-13(12)22-16(18)20/h2-5,10H,6-9H2,1H3. The lowest BCUT2D eigenvalue weighted by Crippen LogP contribution is -2.18. The molecule has 0 unspecified atom stereocenters. The lowest BCUT2D eigenvalue weighted by Gasteiger charge is -2.05. The van der Waals surface area contributed by atoms with Gasteiger partial charge in [0.25, 0.3) is 0 Å². The van der Waals surface area contributed by atoms with E-state index in [0.29, 0.717) is 24.1 Å². The molecule has 0 aliphatic rings. The van der Waals surface area contributed by atoms with Crippen molar-refractivity contribution in [1.29, 1.82) is 0 Å². The molecule has 120 valence electrons. The van der Waals surface area contributed by atoms with Crippen LogP contribution in [0.5, 0.6) is 0 Å². The van der Waals surface area contributed by atoms with Crippen molar-refractivity contribution in [3.05, 3.63) is 50.9 Å². The number of oxazole rings is 1. The molecule has 23 heavy (non-hydrogen) atoms. The molecule has 0 fully saturated rings. The molecule has 6 nitrogen and oxygen atoms in total. The number of thiazole rings is 1. The third-order valence-corrected chi connectivity index (χ3v) is 4.55. The molecular formula is C16H16N2O4S. The van der Waals surface area contributed by atoms with Crippen LogP contribution < -0.4 is 5.76 Å². The van der Waals surface area contributed by atoms with Crippen LogP contribution in [-0.4, -0.2) is 22.1 Å². The Hall–Kier alpha value is -2.41. The molecule has 0 amide bonds. The summed E-state index contributed by atoms with van der Waals surface area (Å²) in [6.07, 6.45) is 0.794. The molecule has 1 aromatic carbocycles. The molecular weight excluding hydrogens is 316 g/mol. The molecule has 0 atom stereocenters. The third-order valence-electron chi connectivity index (χ3n) is 3.55. The zero-order chi connectivity index (χ0) is 16.2. The number of ether oxygens (including phenoxy) is 1. The monoisotopic (exact) mass is 332 g/mol. The lowest BCUT2D eigenvalue weighted by atomic mass is 10.3. The van der Waals surface area contributed by atoms with E-state index in [1.807, 2.05) is 13.0 Å². The Morgan fingerprint density at radius 2 is 2.22 bits per heavy atom. The number of hydrogen-bond acceptors (Lipinski definition) is 6. The number of aryl methyl sites for hydroxylation is 2. The van der Waals surface area contributed by atoms with E-state index < -0.39 is 5.76 Å². The van der Waals surface area contributed by atoms with Crippen LogP contribution in [0.2, 0.25) is 0 Å². The van der Waals surface area contributed by atoms with Gasteiger partial charge in [-0.1, -0.05) is 12.1 Å². The van der Waals surface area contributed by atoms with Crippen LogP contribution >= 0.6 is 11.3 Å². The van der Waals surface area contributed by atoms with Crippen LogP contribution in [0.1, 0.15) is 17.0 Å². The highest BCUT2D eigenvalue weighted by molar-refractivity contribution is 7.09. The highest BCUT2D eigenvalue weighted by Gasteiger charge is 2.11. The normalized spacial score (nSPS) is 11.0. The van der Waals surface area contributed by atoms with Crippen LogP contribution in [-0.2, 0) is 22.5 Å². The molecule has 0 N–H and O–H groups in total. The van der Waals surface area contributed by atoms with Gasteiger partial charge in [0.2, 0.25) is 0 Å². The average molecular weight is 332 g/mol. The van der Waals surface area contributed by atoms with Crippen molar-refractivity contribution in [1.82, 2.24) is 9.55 Å². The average Bonchev–Trinajstić information content (AvgIpc) is 3.08. The molecule has 0 bridgehead atoms. The van der Waals surface area contributed by atoms with E-state index in [4.69, 9.17) is 9.15 Å². The zero-order valence-corrected chi connectivity index (χ0v) is 13.5. The maximum Gasteiger partial charge on any atom is 0.419 e. The first-order valence-corrected chi connectivity index (χ1v) is 8.16. The summed E-state index contributed by atoms with van der Waals surface area (Å²) in [5.41, 5.74) is 3.96. The van der Waals surface area contributed by atoms with E-state index in [1.54, 1.807) is 35.0 Å². The van der Waals surface area contributed by atoms with Crippen LogP contribution in [0.3, 0.4) is 0 Å². The van der Waals surface area contributed by atoms with Gasteiger partial charge in [-0.3, -0.25) is 9.36 Å². The molecule has 2 aromatic heterocycles.